The molecule has 98 valence electrons. The maximum atomic E-state index is 11.8. The lowest BCUT2D eigenvalue weighted by molar-refractivity contribution is -0.115. The first-order valence-electron chi connectivity index (χ1n) is 6.22. The molecule has 0 unspecified atom stereocenters. The quantitative estimate of drug-likeness (QED) is 0.863. The minimum atomic E-state index is -0.153. The van der Waals surface area contributed by atoms with Crippen molar-refractivity contribution in [2.75, 3.05) is 11.9 Å². The van der Waals surface area contributed by atoms with Gasteiger partial charge in [-0.3, -0.25) is 4.79 Å². The number of aromatic nitrogens is 2. The second-order valence-corrected chi connectivity index (χ2v) is 4.44. The Labute approximate surface area is 110 Å². The molecule has 1 fully saturated rings. The summed E-state index contributed by atoms with van der Waals surface area (Å²) in [5.74, 6) is 0.825. The largest absolute Gasteiger partial charge is 0.338 e. The number of benzene rings is 1. The van der Waals surface area contributed by atoms with E-state index in [9.17, 15) is 4.79 Å². The maximum absolute atomic E-state index is 11.8. The smallest absolute Gasteiger partial charge is 0.243 e. The van der Waals surface area contributed by atoms with Crippen LogP contribution in [0.25, 0.3) is 0 Å². The molecule has 1 aliphatic rings. The van der Waals surface area contributed by atoms with Crippen LogP contribution in [0.15, 0.2) is 34.9 Å². The molecular weight excluding hydrogens is 244 g/mol. The molecule has 1 atom stereocenters. The molecule has 1 aromatic carbocycles. The molecular formula is C13H14N4O2. The van der Waals surface area contributed by atoms with Crippen molar-refractivity contribution in [2.45, 2.75) is 18.9 Å². The summed E-state index contributed by atoms with van der Waals surface area (Å²) in [7, 11) is 0. The topological polar surface area (TPSA) is 80.1 Å². The van der Waals surface area contributed by atoms with Gasteiger partial charge in [0.1, 0.15) is 0 Å². The molecule has 0 saturated carbocycles. The standard InChI is InChI=1S/C13H14N4O2/c18-12(15-9-4-2-1-3-5-9)8-11-16-13(19-17-11)10-6-7-14-10/h1-5,10,14H,6-8H2,(H,15,18)/t10-/m1/s1. The van der Waals surface area contributed by atoms with E-state index in [4.69, 9.17) is 4.52 Å². The Kier molecular flexibility index (Phi) is 3.24. The second kappa shape index (κ2) is 5.19. The Bertz CT molecular complexity index is 563. The van der Waals surface area contributed by atoms with Gasteiger partial charge in [0.25, 0.3) is 0 Å². The minimum absolute atomic E-state index is 0.116. The van der Waals surface area contributed by atoms with Crippen LogP contribution in [0.1, 0.15) is 24.2 Å². The number of amides is 1. The number of nitrogens with zero attached hydrogens (tertiary/aromatic N) is 2. The molecule has 2 N–H and O–H groups in total. The molecule has 0 aliphatic carbocycles. The van der Waals surface area contributed by atoms with E-state index in [1.807, 2.05) is 30.3 Å². The average Bonchev–Trinajstić information content (AvgIpc) is 2.76. The third kappa shape index (κ3) is 2.79. The summed E-state index contributed by atoms with van der Waals surface area (Å²) >= 11 is 0. The highest BCUT2D eigenvalue weighted by Crippen LogP contribution is 2.20. The lowest BCUT2D eigenvalue weighted by Gasteiger charge is -2.23. The van der Waals surface area contributed by atoms with Gasteiger partial charge in [0.15, 0.2) is 5.82 Å². The van der Waals surface area contributed by atoms with Crippen molar-refractivity contribution < 1.29 is 9.32 Å². The predicted molar refractivity (Wildman–Crippen MR) is 68.4 cm³/mol. The van der Waals surface area contributed by atoms with E-state index in [0.29, 0.717) is 11.7 Å². The van der Waals surface area contributed by atoms with Crippen molar-refractivity contribution in [1.29, 1.82) is 0 Å². The summed E-state index contributed by atoms with van der Waals surface area (Å²) in [4.78, 5) is 16.0. The van der Waals surface area contributed by atoms with E-state index >= 15 is 0 Å². The molecule has 3 rings (SSSR count). The summed E-state index contributed by atoms with van der Waals surface area (Å²) in [6, 6.07) is 9.44. The first-order chi connectivity index (χ1) is 9.31. The Morgan fingerprint density at radius 3 is 2.89 bits per heavy atom. The molecule has 0 bridgehead atoms. The Balaban J connectivity index is 1.58. The van der Waals surface area contributed by atoms with Crippen LogP contribution in [0, 0.1) is 0 Å². The van der Waals surface area contributed by atoms with Gasteiger partial charge in [0.05, 0.1) is 12.5 Å². The lowest BCUT2D eigenvalue weighted by atomic mass is 10.1. The molecule has 0 radical (unpaired) electrons. The van der Waals surface area contributed by atoms with Gasteiger partial charge in [-0.15, -0.1) is 0 Å². The van der Waals surface area contributed by atoms with Crippen molar-refractivity contribution in [3.63, 3.8) is 0 Å². The summed E-state index contributed by atoms with van der Waals surface area (Å²) in [6.45, 7) is 0.969. The van der Waals surface area contributed by atoms with Crippen LogP contribution in [0.4, 0.5) is 5.69 Å². The Morgan fingerprint density at radius 2 is 2.21 bits per heavy atom. The summed E-state index contributed by atoms with van der Waals surface area (Å²) in [5, 5.41) is 9.77. The summed E-state index contributed by atoms with van der Waals surface area (Å²) in [6.07, 6.45) is 1.11. The number of para-hydroxylation sites is 1. The van der Waals surface area contributed by atoms with Gasteiger partial charge < -0.3 is 15.2 Å². The van der Waals surface area contributed by atoms with Gasteiger partial charge in [-0.2, -0.15) is 4.98 Å². The van der Waals surface area contributed by atoms with Crippen molar-refractivity contribution in [2.24, 2.45) is 0 Å². The highest BCUT2D eigenvalue weighted by Gasteiger charge is 2.24. The second-order valence-electron chi connectivity index (χ2n) is 4.44. The van der Waals surface area contributed by atoms with Gasteiger partial charge in [-0.25, -0.2) is 0 Å². The number of carbonyl (C=O) groups excluding carboxylic acids is 1. The normalized spacial score (nSPS) is 17.8. The minimum Gasteiger partial charge on any atom is -0.338 e. The molecule has 0 spiro atoms. The SMILES string of the molecule is O=C(Cc1noc([C@H]2CCN2)n1)Nc1ccccc1. The van der Waals surface area contributed by atoms with E-state index in [0.717, 1.165) is 18.7 Å². The van der Waals surface area contributed by atoms with Crippen LogP contribution in [0.2, 0.25) is 0 Å². The van der Waals surface area contributed by atoms with Crippen LogP contribution >= 0.6 is 0 Å². The van der Waals surface area contributed by atoms with Gasteiger partial charge >= 0.3 is 0 Å². The third-order valence-corrected chi connectivity index (χ3v) is 2.98. The van der Waals surface area contributed by atoms with E-state index in [-0.39, 0.29) is 18.4 Å². The molecule has 2 heterocycles. The van der Waals surface area contributed by atoms with Gasteiger partial charge in [0, 0.05) is 5.69 Å². The van der Waals surface area contributed by atoms with Crippen LogP contribution in [-0.2, 0) is 11.2 Å². The number of nitrogens with one attached hydrogen (secondary N) is 2. The van der Waals surface area contributed by atoms with Gasteiger partial charge in [-0.1, -0.05) is 23.4 Å². The van der Waals surface area contributed by atoms with E-state index in [2.05, 4.69) is 20.8 Å². The molecule has 2 aromatic rings. The Hall–Kier alpha value is -2.21. The van der Waals surface area contributed by atoms with Crippen LogP contribution < -0.4 is 10.6 Å². The predicted octanol–water partition coefficient (Wildman–Crippen LogP) is 1.29. The highest BCUT2D eigenvalue weighted by molar-refractivity contribution is 5.91. The fraction of sp³-hybridized carbons (Fsp3) is 0.308. The van der Waals surface area contributed by atoms with Gasteiger partial charge in [0.2, 0.25) is 11.8 Å². The maximum Gasteiger partial charge on any atom is 0.243 e. The summed E-state index contributed by atoms with van der Waals surface area (Å²) in [5.41, 5.74) is 0.761. The zero-order valence-electron chi connectivity index (χ0n) is 10.3. The highest BCUT2D eigenvalue weighted by atomic mass is 16.5. The number of carbonyl (C=O) groups is 1. The van der Waals surface area contributed by atoms with Crippen molar-refractivity contribution >= 4 is 11.6 Å². The fourth-order valence-corrected chi connectivity index (χ4v) is 1.85. The van der Waals surface area contributed by atoms with Gasteiger partial charge in [-0.05, 0) is 25.1 Å². The van der Waals surface area contributed by atoms with Crippen LogP contribution in [-0.4, -0.2) is 22.6 Å². The molecule has 1 aromatic heterocycles. The molecule has 6 heteroatoms. The van der Waals surface area contributed by atoms with Crippen LogP contribution in [0.3, 0.4) is 0 Å². The average molecular weight is 258 g/mol. The third-order valence-electron chi connectivity index (χ3n) is 2.98. The number of hydrogen-bond donors (Lipinski definition) is 2. The van der Waals surface area contributed by atoms with Crippen molar-refractivity contribution in [3.8, 4) is 0 Å². The molecule has 1 saturated heterocycles. The van der Waals surface area contributed by atoms with Crippen molar-refractivity contribution in [3.05, 3.63) is 42.0 Å². The molecule has 1 amide bonds. The van der Waals surface area contributed by atoms with E-state index < -0.39 is 0 Å². The first kappa shape index (κ1) is 11.9. The lowest BCUT2D eigenvalue weighted by Crippen LogP contribution is -2.35. The van der Waals surface area contributed by atoms with E-state index in [1.54, 1.807) is 0 Å². The van der Waals surface area contributed by atoms with Crippen molar-refractivity contribution in [1.82, 2.24) is 15.5 Å². The summed E-state index contributed by atoms with van der Waals surface area (Å²) < 4.78 is 5.12. The number of hydrogen-bond acceptors (Lipinski definition) is 5. The fourth-order valence-electron chi connectivity index (χ4n) is 1.85. The first-order valence-corrected chi connectivity index (χ1v) is 6.22. The number of anilines is 1. The van der Waals surface area contributed by atoms with E-state index in [1.165, 1.54) is 0 Å². The molecule has 19 heavy (non-hydrogen) atoms. The zero-order chi connectivity index (χ0) is 13.1. The zero-order valence-corrected chi connectivity index (χ0v) is 10.3. The van der Waals surface area contributed by atoms with Crippen LogP contribution in [0.5, 0.6) is 0 Å². The monoisotopic (exact) mass is 258 g/mol. The molecule has 6 nitrogen and oxygen atoms in total. The Morgan fingerprint density at radius 1 is 1.42 bits per heavy atom. The number of rotatable bonds is 4. The molecule has 1 aliphatic heterocycles.